The summed E-state index contributed by atoms with van der Waals surface area (Å²) >= 11 is 4.71. The van der Waals surface area contributed by atoms with Crippen molar-refractivity contribution in [1.29, 1.82) is 0 Å². The van der Waals surface area contributed by atoms with E-state index in [-0.39, 0.29) is 4.16 Å². The van der Waals surface area contributed by atoms with Gasteiger partial charge in [0.2, 0.25) is 0 Å². The van der Waals surface area contributed by atoms with Crippen molar-refractivity contribution in [3.63, 3.8) is 0 Å². The molecule has 1 unspecified atom stereocenters. The molecule has 0 aromatic heterocycles. The number of hydrogen-bond acceptors (Lipinski definition) is 5. The highest BCUT2D eigenvalue weighted by Gasteiger charge is 2.30. The third kappa shape index (κ3) is 4.53. The second-order valence-electron chi connectivity index (χ2n) is 4.66. The van der Waals surface area contributed by atoms with Gasteiger partial charge < -0.3 is 9.47 Å². The Kier molecular flexibility index (Phi) is 5.10. The van der Waals surface area contributed by atoms with E-state index in [1.54, 1.807) is 20.8 Å². The first-order chi connectivity index (χ1) is 8.23. The number of allylic oxidation sites excluding steroid dienone is 1. The van der Waals surface area contributed by atoms with Gasteiger partial charge in [-0.05, 0) is 20.8 Å². The number of carbonyl (C=O) groups excluding carboxylic acids is 2. The fourth-order valence-corrected chi connectivity index (χ4v) is 3.14. The van der Waals surface area contributed by atoms with E-state index in [9.17, 15) is 9.59 Å². The highest BCUT2D eigenvalue weighted by molar-refractivity contribution is 9.11. The molecule has 0 bridgehead atoms. The van der Waals surface area contributed by atoms with Crippen molar-refractivity contribution < 1.29 is 19.1 Å². The third-order valence-corrected chi connectivity index (χ3v) is 3.86. The number of alkyl halides is 1. The Hall–Kier alpha value is -0.690. The second-order valence-corrected chi connectivity index (χ2v) is 7.58. The monoisotopic (exact) mass is 337 g/mol. The van der Waals surface area contributed by atoms with Gasteiger partial charge in [0.05, 0.1) is 11.3 Å². The average Bonchev–Trinajstić information content (AvgIpc) is 2.55. The summed E-state index contributed by atoms with van der Waals surface area (Å²) in [4.78, 5) is 23.6. The summed E-state index contributed by atoms with van der Waals surface area (Å²) in [6.07, 6.45) is -0.0324. The van der Waals surface area contributed by atoms with Crippen LogP contribution in [0.1, 0.15) is 27.2 Å². The average molecular weight is 338 g/mol. The van der Waals surface area contributed by atoms with Gasteiger partial charge >= 0.3 is 12.1 Å². The highest BCUT2D eigenvalue weighted by atomic mass is 79.9. The molecule has 0 saturated carbocycles. The van der Waals surface area contributed by atoms with E-state index in [2.05, 4.69) is 26.0 Å². The van der Waals surface area contributed by atoms with Gasteiger partial charge in [-0.1, -0.05) is 15.9 Å². The van der Waals surface area contributed by atoms with Crippen LogP contribution >= 0.6 is 27.7 Å². The number of esters is 1. The molecule has 1 N–H and O–H groups in total. The fraction of sp³-hybridized carbons (Fsp3) is 0.636. The molecule has 18 heavy (non-hydrogen) atoms. The van der Waals surface area contributed by atoms with Crippen LogP contribution in [0.15, 0.2) is 10.6 Å². The van der Waals surface area contributed by atoms with Crippen LogP contribution in [0, 0.1) is 0 Å². The summed E-state index contributed by atoms with van der Waals surface area (Å²) in [5.41, 5.74) is -0.0433. The molecule has 0 spiro atoms. The van der Waals surface area contributed by atoms with Crippen LogP contribution < -0.4 is 5.32 Å². The van der Waals surface area contributed by atoms with Gasteiger partial charge in [0.1, 0.15) is 10.5 Å². The Balaban J connectivity index is 2.74. The van der Waals surface area contributed by atoms with Crippen LogP contribution in [0.4, 0.5) is 4.79 Å². The number of nitrogens with one attached hydrogen (secondary N) is 1. The normalized spacial score (nSPS) is 19.7. The van der Waals surface area contributed by atoms with Crippen molar-refractivity contribution in [3.05, 3.63) is 10.6 Å². The number of rotatable bonds is 2. The lowest BCUT2D eigenvalue weighted by Crippen LogP contribution is -2.32. The molecular weight excluding hydrogens is 322 g/mol. The minimum Gasteiger partial charge on any atom is -0.465 e. The number of ether oxygens (including phenoxy) is 2. The first kappa shape index (κ1) is 15.4. The predicted octanol–water partition coefficient (Wildman–Crippen LogP) is 2.75. The smallest absolute Gasteiger partial charge is 0.411 e. The summed E-state index contributed by atoms with van der Waals surface area (Å²) in [6.45, 7) is 5.33. The van der Waals surface area contributed by atoms with E-state index in [4.69, 9.17) is 4.74 Å². The van der Waals surface area contributed by atoms with E-state index in [1.165, 1.54) is 18.9 Å². The van der Waals surface area contributed by atoms with Crippen LogP contribution in [-0.4, -0.2) is 28.9 Å². The number of carbonyl (C=O) groups is 2. The van der Waals surface area contributed by atoms with Gasteiger partial charge in [-0.15, -0.1) is 11.8 Å². The van der Waals surface area contributed by atoms with Crippen LogP contribution in [-0.2, 0) is 14.3 Å². The number of halogens is 1. The molecule has 1 rings (SSSR count). The first-order valence-electron chi connectivity index (χ1n) is 5.35. The molecule has 1 heterocycles. The molecule has 1 atom stereocenters. The van der Waals surface area contributed by atoms with Gasteiger partial charge in [-0.25, -0.2) is 9.59 Å². The Morgan fingerprint density at radius 2 is 2.06 bits per heavy atom. The van der Waals surface area contributed by atoms with Gasteiger partial charge in [0, 0.05) is 12.1 Å². The molecule has 1 aliphatic heterocycles. The van der Waals surface area contributed by atoms with Crippen LogP contribution in [0.25, 0.3) is 0 Å². The van der Waals surface area contributed by atoms with Crippen molar-refractivity contribution >= 4 is 39.8 Å². The van der Waals surface area contributed by atoms with Crippen molar-refractivity contribution in [2.45, 2.75) is 37.0 Å². The minimum absolute atomic E-state index is 0.0523. The zero-order valence-corrected chi connectivity index (χ0v) is 13.1. The van der Waals surface area contributed by atoms with Gasteiger partial charge in [0.25, 0.3) is 0 Å². The first-order valence-corrected chi connectivity index (χ1v) is 7.14. The van der Waals surface area contributed by atoms with E-state index in [1.807, 2.05) is 0 Å². The minimum atomic E-state index is -0.574. The van der Waals surface area contributed by atoms with Gasteiger partial charge in [0.15, 0.2) is 0 Å². The lowest BCUT2D eigenvalue weighted by Gasteiger charge is -2.20. The Bertz CT molecular complexity index is 389. The topological polar surface area (TPSA) is 64.6 Å². The Labute approximate surface area is 119 Å². The number of methoxy groups -OCH3 is 1. The van der Waals surface area contributed by atoms with Crippen molar-refractivity contribution in [3.8, 4) is 0 Å². The van der Waals surface area contributed by atoms with Crippen LogP contribution in [0.5, 0.6) is 0 Å². The summed E-state index contributed by atoms with van der Waals surface area (Å²) in [6, 6.07) is 0. The van der Waals surface area contributed by atoms with Crippen molar-refractivity contribution in [2.75, 3.05) is 7.11 Å². The highest BCUT2D eigenvalue weighted by Crippen LogP contribution is 2.40. The Morgan fingerprint density at radius 1 is 1.44 bits per heavy atom. The predicted molar refractivity (Wildman–Crippen MR) is 73.3 cm³/mol. The Morgan fingerprint density at radius 3 is 2.56 bits per heavy atom. The molecule has 5 nitrogen and oxygen atoms in total. The van der Waals surface area contributed by atoms with E-state index >= 15 is 0 Å². The van der Waals surface area contributed by atoms with Crippen LogP contribution in [0.3, 0.4) is 0 Å². The molecule has 0 aliphatic carbocycles. The van der Waals surface area contributed by atoms with E-state index in [0.717, 1.165) is 0 Å². The molecule has 7 heteroatoms. The maximum atomic E-state index is 11.6. The molecule has 0 aromatic carbocycles. The number of alkyl carbamates (subject to hydrolysis) is 1. The molecule has 0 aromatic rings. The zero-order chi connectivity index (χ0) is 13.9. The number of thioether (sulfide) groups is 1. The second kappa shape index (κ2) is 5.97. The summed E-state index contributed by atoms with van der Waals surface area (Å²) < 4.78 is 9.85. The molecule has 1 aliphatic rings. The molecule has 1 amide bonds. The quantitative estimate of drug-likeness (QED) is 0.620. The molecule has 102 valence electrons. The third-order valence-electron chi connectivity index (χ3n) is 1.91. The standard InChI is InChI=1S/C11H16BrNO4S/c1-11(2,3)17-10(15)13-6-5-7(12)18-8(6)9(14)16-4/h7H,5H2,1-4H3,(H,13,15). The van der Waals surface area contributed by atoms with Crippen LogP contribution in [0.2, 0.25) is 0 Å². The van der Waals surface area contributed by atoms with Crippen molar-refractivity contribution in [1.82, 2.24) is 5.32 Å². The number of hydrogen-bond donors (Lipinski definition) is 1. The summed E-state index contributed by atoms with van der Waals surface area (Å²) in [5.74, 6) is -0.451. The zero-order valence-electron chi connectivity index (χ0n) is 10.7. The largest absolute Gasteiger partial charge is 0.465 e. The van der Waals surface area contributed by atoms with E-state index < -0.39 is 17.7 Å². The maximum absolute atomic E-state index is 11.6. The molecular formula is C11H16BrNO4S. The van der Waals surface area contributed by atoms with Gasteiger partial charge in [-0.2, -0.15) is 0 Å². The lowest BCUT2D eigenvalue weighted by molar-refractivity contribution is -0.135. The van der Waals surface area contributed by atoms with Gasteiger partial charge in [-0.3, -0.25) is 5.32 Å². The van der Waals surface area contributed by atoms with E-state index in [0.29, 0.717) is 17.0 Å². The molecule has 0 fully saturated rings. The molecule has 0 saturated heterocycles. The van der Waals surface area contributed by atoms with Crippen molar-refractivity contribution in [2.24, 2.45) is 0 Å². The summed E-state index contributed by atoms with van der Waals surface area (Å²) in [7, 11) is 1.31. The SMILES string of the molecule is COC(=O)C1=C(NC(=O)OC(C)(C)C)CC(Br)S1. The summed E-state index contributed by atoms with van der Waals surface area (Å²) in [5, 5.41) is 2.60. The lowest BCUT2D eigenvalue weighted by atomic mass is 10.2. The fourth-order valence-electron chi connectivity index (χ4n) is 1.29. The maximum Gasteiger partial charge on any atom is 0.411 e. The molecule has 0 radical (unpaired) electrons. The number of amides is 1.